The van der Waals surface area contributed by atoms with Crippen LogP contribution in [0.3, 0.4) is 0 Å². The Morgan fingerprint density at radius 2 is 2.00 bits per heavy atom. The Hall–Kier alpha value is -3.78. The Morgan fingerprint density at radius 1 is 1.23 bits per heavy atom. The van der Waals surface area contributed by atoms with Crippen molar-refractivity contribution < 1.29 is 23.8 Å². The van der Waals surface area contributed by atoms with Gasteiger partial charge in [-0.15, -0.1) is 0 Å². The van der Waals surface area contributed by atoms with Gasteiger partial charge in [0.05, 0.1) is 19.3 Å². The van der Waals surface area contributed by atoms with Gasteiger partial charge in [-0.25, -0.2) is 14.2 Å². The minimum absolute atomic E-state index is 0.00562. The summed E-state index contributed by atoms with van der Waals surface area (Å²) in [4.78, 5) is 30.6. The highest BCUT2D eigenvalue weighted by atomic mass is 19.1. The third kappa shape index (κ3) is 5.33. The first-order chi connectivity index (χ1) is 16.9. The molecule has 4 rings (SSSR count). The van der Waals surface area contributed by atoms with Crippen LogP contribution in [0, 0.1) is 5.82 Å². The number of methoxy groups -OCH3 is 1. The van der Waals surface area contributed by atoms with E-state index in [9.17, 15) is 14.7 Å². The average Bonchev–Trinajstić information content (AvgIpc) is 3.38. The molecule has 1 unspecified atom stereocenters. The SMILES string of the molecule is COC(=O)N1CCC(c2cnc(N)c(-c3ccc(C(=O)C[C@H](CO)c4ccccc4)c(F)c3)c2)C1. The molecule has 0 radical (unpaired) electrons. The van der Waals surface area contributed by atoms with Gasteiger partial charge in [-0.05, 0) is 41.3 Å². The summed E-state index contributed by atoms with van der Waals surface area (Å²) in [5.74, 6) is -1.12. The van der Waals surface area contributed by atoms with E-state index in [0.29, 0.717) is 24.2 Å². The molecule has 3 N–H and O–H groups in total. The topological polar surface area (TPSA) is 106 Å². The van der Waals surface area contributed by atoms with Crippen LogP contribution >= 0.6 is 0 Å². The summed E-state index contributed by atoms with van der Waals surface area (Å²) in [5.41, 5.74) is 8.87. The maximum absolute atomic E-state index is 15.1. The van der Waals surface area contributed by atoms with E-state index in [2.05, 4.69) is 4.98 Å². The van der Waals surface area contributed by atoms with E-state index in [-0.39, 0.29) is 42.2 Å². The van der Waals surface area contributed by atoms with E-state index in [4.69, 9.17) is 10.5 Å². The number of carbonyl (C=O) groups excluding carboxylic acids is 2. The molecule has 1 aliphatic heterocycles. The van der Waals surface area contributed by atoms with Crippen LogP contribution in [0.5, 0.6) is 0 Å². The first-order valence-electron chi connectivity index (χ1n) is 11.5. The first kappa shape index (κ1) is 24.3. The van der Waals surface area contributed by atoms with Gasteiger partial charge in [-0.1, -0.05) is 36.4 Å². The minimum Gasteiger partial charge on any atom is -0.453 e. The van der Waals surface area contributed by atoms with E-state index in [1.807, 2.05) is 36.4 Å². The Kier molecular flexibility index (Phi) is 7.41. The fraction of sp³-hybridized carbons (Fsp3) is 0.296. The molecule has 0 aliphatic carbocycles. The smallest absolute Gasteiger partial charge is 0.409 e. The summed E-state index contributed by atoms with van der Waals surface area (Å²) in [7, 11) is 1.35. The normalized spacial score (nSPS) is 16.2. The van der Waals surface area contributed by atoms with Crippen molar-refractivity contribution >= 4 is 17.7 Å². The van der Waals surface area contributed by atoms with Crippen LogP contribution in [0.4, 0.5) is 15.0 Å². The van der Waals surface area contributed by atoms with Crippen molar-refractivity contribution in [3.05, 3.63) is 83.3 Å². The summed E-state index contributed by atoms with van der Waals surface area (Å²) in [6.07, 6.45) is 2.06. The minimum atomic E-state index is -0.653. The fourth-order valence-electron chi connectivity index (χ4n) is 4.53. The number of nitrogen functional groups attached to an aromatic ring is 1. The number of aliphatic hydroxyl groups excluding tert-OH is 1. The summed E-state index contributed by atoms with van der Waals surface area (Å²) in [5, 5.41) is 9.75. The predicted molar refractivity (Wildman–Crippen MR) is 131 cm³/mol. The van der Waals surface area contributed by atoms with Crippen molar-refractivity contribution in [3.8, 4) is 11.1 Å². The van der Waals surface area contributed by atoms with E-state index < -0.39 is 11.7 Å². The predicted octanol–water partition coefficient (Wildman–Crippen LogP) is 4.37. The number of amides is 1. The molecule has 2 aromatic carbocycles. The quantitative estimate of drug-likeness (QED) is 0.490. The lowest BCUT2D eigenvalue weighted by atomic mass is 9.91. The van der Waals surface area contributed by atoms with Gasteiger partial charge >= 0.3 is 6.09 Å². The van der Waals surface area contributed by atoms with E-state index >= 15 is 4.39 Å². The molecule has 0 spiro atoms. The monoisotopic (exact) mass is 477 g/mol. The highest BCUT2D eigenvalue weighted by molar-refractivity contribution is 5.97. The van der Waals surface area contributed by atoms with E-state index in [1.165, 1.54) is 19.2 Å². The number of carbonyl (C=O) groups is 2. The molecule has 1 saturated heterocycles. The lowest BCUT2D eigenvalue weighted by Crippen LogP contribution is -2.28. The van der Waals surface area contributed by atoms with Gasteiger partial charge in [0.2, 0.25) is 0 Å². The number of pyridine rings is 1. The number of rotatable bonds is 7. The number of aliphatic hydroxyl groups is 1. The van der Waals surface area contributed by atoms with Crippen LogP contribution < -0.4 is 5.73 Å². The van der Waals surface area contributed by atoms with E-state index in [1.54, 1.807) is 17.2 Å². The summed E-state index contributed by atoms with van der Waals surface area (Å²) >= 11 is 0. The highest BCUT2D eigenvalue weighted by Gasteiger charge is 2.28. The Bertz CT molecular complexity index is 1220. The second kappa shape index (κ2) is 10.7. The third-order valence-corrected chi connectivity index (χ3v) is 6.54. The molecule has 2 atom stereocenters. The molecule has 2 heterocycles. The maximum atomic E-state index is 15.1. The zero-order chi connectivity index (χ0) is 24.9. The molecule has 1 aliphatic rings. The lowest BCUT2D eigenvalue weighted by molar-refractivity contribution is 0.0956. The number of hydrogen-bond acceptors (Lipinski definition) is 6. The van der Waals surface area contributed by atoms with Gasteiger partial charge in [0.15, 0.2) is 5.78 Å². The van der Waals surface area contributed by atoms with Crippen LogP contribution in [0.2, 0.25) is 0 Å². The van der Waals surface area contributed by atoms with Gasteiger partial charge in [0, 0.05) is 43.1 Å². The van der Waals surface area contributed by atoms with Gasteiger partial charge in [-0.3, -0.25) is 4.79 Å². The molecule has 182 valence electrons. The molecule has 1 amide bonds. The first-order valence-corrected chi connectivity index (χ1v) is 11.5. The number of ketones is 1. The van der Waals surface area contributed by atoms with Gasteiger partial charge in [0.1, 0.15) is 11.6 Å². The van der Waals surface area contributed by atoms with Crippen LogP contribution in [-0.4, -0.2) is 53.7 Å². The van der Waals surface area contributed by atoms with Crippen molar-refractivity contribution in [2.75, 3.05) is 32.5 Å². The van der Waals surface area contributed by atoms with Crippen molar-refractivity contribution in [2.45, 2.75) is 24.7 Å². The number of ether oxygens (including phenoxy) is 1. The van der Waals surface area contributed by atoms with Crippen molar-refractivity contribution in [2.24, 2.45) is 0 Å². The van der Waals surface area contributed by atoms with Crippen LogP contribution in [-0.2, 0) is 4.74 Å². The number of Topliss-reactive ketones (excluding diaryl/α,β-unsaturated/α-hetero) is 1. The van der Waals surface area contributed by atoms with E-state index in [0.717, 1.165) is 17.5 Å². The van der Waals surface area contributed by atoms with Crippen molar-refractivity contribution in [3.63, 3.8) is 0 Å². The molecule has 3 aromatic rings. The standard InChI is InChI=1S/C27H28FN3O4/c1-35-27(34)31-10-9-19(15-31)20-11-23(26(29)30-14-20)18-7-8-22(24(28)12-18)25(33)13-21(16-32)17-5-3-2-4-6-17/h2-8,11-12,14,19,21,32H,9-10,13,15-16H2,1H3,(H2,29,30)/t19?,21-/m1/s1. The molecule has 1 fully saturated rings. The number of hydrogen-bond donors (Lipinski definition) is 2. The zero-order valence-electron chi connectivity index (χ0n) is 19.5. The molecule has 7 nitrogen and oxygen atoms in total. The number of benzene rings is 2. The molecule has 1 aromatic heterocycles. The number of anilines is 1. The van der Waals surface area contributed by atoms with Gasteiger partial charge < -0.3 is 20.5 Å². The van der Waals surface area contributed by atoms with Crippen molar-refractivity contribution in [1.29, 1.82) is 0 Å². The Labute approximate surface area is 203 Å². The summed E-state index contributed by atoms with van der Waals surface area (Å²) in [6, 6.07) is 15.5. The summed E-state index contributed by atoms with van der Waals surface area (Å²) < 4.78 is 19.9. The number of likely N-dealkylation sites (tertiary alicyclic amines) is 1. The molecule has 0 saturated carbocycles. The number of aromatic nitrogens is 1. The molecule has 0 bridgehead atoms. The lowest BCUT2D eigenvalue weighted by Gasteiger charge is -2.16. The number of nitrogens with zero attached hydrogens (tertiary/aromatic N) is 2. The van der Waals surface area contributed by atoms with Gasteiger partial charge in [-0.2, -0.15) is 0 Å². The second-order valence-electron chi connectivity index (χ2n) is 8.72. The third-order valence-electron chi connectivity index (χ3n) is 6.54. The Balaban J connectivity index is 1.54. The van der Waals surface area contributed by atoms with Gasteiger partial charge in [0.25, 0.3) is 0 Å². The largest absolute Gasteiger partial charge is 0.453 e. The average molecular weight is 478 g/mol. The second-order valence-corrected chi connectivity index (χ2v) is 8.72. The number of nitrogens with two attached hydrogens (primary N) is 1. The molecule has 35 heavy (non-hydrogen) atoms. The molecular formula is C27H28FN3O4. The Morgan fingerprint density at radius 3 is 2.69 bits per heavy atom. The number of halogens is 1. The van der Waals surface area contributed by atoms with Crippen LogP contribution in [0.25, 0.3) is 11.1 Å². The van der Waals surface area contributed by atoms with Crippen LogP contribution in [0.15, 0.2) is 60.8 Å². The summed E-state index contributed by atoms with van der Waals surface area (Å²) in [6.45, 7) is 0.881. The maximum Gasteiger partial charge on any atom is 0.409 e. The zero-order valence-corrected chi connectivity index (χ0v) is 19.5. The molecule has 8 heteroatoms. The van der Waals surface area contributed by atoms with Crippen LogP contribution in [0.1, 0.15) is 46.2 Å². The fourth-order valence-corrected chi connectivity index (χ4v) is 4.53. The highest BCUT2D eigenvalue weighted by Crippen LogP contribution is 2.33. The molecular weight excluding hydrogens is 449 g/mol. The van der Waals surface area contributed by atoms with Crippen molar-refractivity contribution in [1.82, 2.24) is 9.88 Å².